The van der Waals surface area contributed by atoms with Crippen molar-refractivity contribution in [2.24, 2.45) is 5.92 Å². The van der Waals surface area contributed by atoms with Gasteiger partial charge in [-0.05, 0) is 40.9 Å². The van der Waals surface area contributed by atoms with E-state index in [0.29, 0.717) is 29.0 Å². The van der Waals surface area contributed by atoms with E-state index in [0.717, 1.165) is 12.8 Å². The summed E-state index contributed by atoms with van der Waals surface area (Å²) in [5.74, 6) is -0.148. The van der Waals surface area contributed by atoms with Gasteiger partial charge in [-0.3, -0.25) is 4.79 Å². The summed E-state index contributed by atoms with van der Waals surface area (Å²) in [6, 6.07) is 2.64. The number of carbonyl (C=O) groups is 1. The monoisotopic (exact) mass is 344 g/mol. The topological polar surface area (TPSA) is 46.3 Å². The van der Waals surface area contributed by atoms with Crippen molar-refractivity contribution in [3.05, 3.63) is 28.0 Å². The molecule has 0 aromatic heterocycles. The molecule has 0 unspecified atom stereocenters. The van der Waals surface area contributed by atoms with Crippen LogP contribution in [0.1, 0.15) is 44.0 Å². The Hall–Kier alpha value is -1.10. The maximum atomic E-state index is 13.3. The second kappa shape index (κ2) is 7.62. The lowest BCUT2D eigenvalue weighted by Crippen LogP contribution is -2.35. The number of amides is 1. The van der Waals surface area contributed by atoms with Crippen LogP contribution in [0, 0.1) is 11.7 Å². The Morgan fingerprint density at radius 2 is 1.95 bits per heavy atom. The molecule has 0 atom stereocenters. The first kappa shape index (κ1) is 17.0. The molecule has 0 saturated heterocycles. The SMILES string of the molecule is CCC(CC)CN(CC)C(=O)c1cc(N)c(F)cc1Br. The highest BCUT2D eigenvalue weighted by atomic mass is 79.9. The predicted molar refractivity (Wildman–Crippen MR) is 84.2 cm³/mol. The molecule has 1 amide bonds. The van der Waals surface area contributed by atoms with Crippen LogP contribution in [-0.4, -0.2) is 23.9 Å². The van der Waals surface area contributed by atoms with Crippen molar-refractivity contribution in [3.63, 3.8) is 0 Å². The highest BCUT2D eigenvalue weighted by Crippen LogP contribution is 2.24. The molecule has 20 heavy (non-hydrogen) atoms. The van der Waals surface area contributed by atoms with E-state index < -0.39 is 5.82 Å². The fourth-order valence-electron chi connectivity index (χ4n) is 2.11. The number of nitrogen functional groups attached to an aromatic ring is 1. The maximum Gasteiger partial charge on any atom is 0.255 e. The van der Waals surface area contributed by atoms with Crippen molar-refractivity contribution in [2.75, 3.05) is 18.8 Å². The molecule has 0 radical (unpaired) electrons. The molecule has 3 nitrogen and oxygen atoms in total. The Bertz CT molecular complexity index is 475. The Morgan fingerprint density at radius 3 is 2.45 bits per heavy atom. The second-order valence-electron chi connectivity index (χ2n) is 4.88. The van der Waals surface area contributed by atoms with Crippen molar-refractivity contribution in [1.29, 1.82) is 0 Å². The first-order valence-corrected chi connectivity index (χ1v) is 7.77. The largest absolute Gasteiger partial charge is 0.396 e. The zero-order valence-electron chi connectivity index (χ0n) is 12.2. The zero-order chi connectivity index (χ0) is 15.3. The van der Waals surface area contributed by atoms with Crippen molar-refractivity contribution >= 4 is 27.5 Å². The Kier molecular flexibility index (Phi) is 6.46. The third-order valence-electron chi connectivity index (χ3n) is 3.62. The summed E-state index contributed by atoms with van der Waals surface area (Å²) in [6.45, 7) is 7.53. The Morgan fingerprint density at radius 1 is 1.35 bits per heavy atom. The fourth-order valence-corrected chi connectivity index (χ4v) is 2.60. The van der Waals surface area contributed by atoms with Gasteiger partial charge in [-0.15, -0.1) is 0 Å². The van der Waals surface area contributed by atoms with E-state index in [4.69, 9.17) is 5.73 Å². The van der Waals surface area contributed by atoms with Gasteiger partial charge in [-0.1, -0.05) is 26.7 Å². The van der Waals surface area contributed by atoms with Crippen LogP contribution in [0.2, 0.25) is 0 Å². The van der Waals surface area contributed by atoms with E-state index in [9.17, 15) is 9.18 Å². The molecule has 0 aliphatic heterocycles. The molecule has 1 aromatic carbocycles. The van der Waals surface area contributed by atoms with Crippen molar-refractivity contribution < 1.29 is 9.18 Å². The van der Waals surface area contributed by atoms with Crippen LogP contribution < -0.4 is 5.73 Å². The molecule has 1 aromatic rings. The molecule has 2 N–H and O–H groups in total. The van der Waals surface area contributed by atoms with Crippen LogP contribution in [0.3, 0.4) is 0 Å². The van der Waals surface area contributed by atoms with Crippen LogP contribution in [0.15, 0.2) is 16.6 Å². The van der Waals surface area contributed by atoms with E-state index in [1.54, 1.807) is 4.90 Å². The first-order chi connectivity index (χ1) is 9.44. The summed E-state index contributed by atoms with van der Waals surface area (Å²) < 4.78 is 13.8. The molecule has 0 spiro atoms. The second-order valence-corrected chi connectivity index (χ2v) is 5.73. The summed E-state index contributed by atoms with van der Waals surface area (Å²) in [6.07, 6.45) is 2.07. The fraction of sp³-hybridized carbons (Fsp3) is 0.533. The highest BCUT2D eigenvalue weighted by molar-refractivity contribution is 9.10. The molecule has 0 fully saturated rings. The van der Waals surface area contributed by atoms with Gasteiger partial charge in [0.15, 0.2) is 0 Å². The standard InChI is InChI=1S/C15H22BrFN2O/c1-4-10(5-2)9-19(6-3)15(20)11-7-14(18)13(17)8-12(11)16/h7-8,10H,4-6,9,18H2,1-3H3. The van der Waals surface area contributed by atoms with E-state index in [-0.39, 0.29) is 11.6 Å². The highest BCUT2D eigenvalue weighted by Gasteiger charge is 2.20. The Labute approximate surface area is 128 Å². The lowest BCUT2D eigenvalue weighted by molar-refractivity contribution is 0.0734. The summed E-state index contributed by atoms with van der Waals surface area (Å²) in [5, 5.41) is 0. The predicted octanol–water partition coefficient (Wildman–Crippen LogP) is 4.07. The molecule has 0 aliphatic rings. The van der Waals surface area contributed by atoms with E-state index in [1.165, 1.54) is 12.1 Å². The van der Waals surface area contributed by atoms with Crippen molar-refractivity contribution in [3.8, 4) is 0 Å². The number of hydrogen-bond donors (Lipinski definition) is 1. The molecule has 0 aliphatic carbocycles. The number of nitrogens with zero attached hydrogens (tertiary/aromatic N) is 1. The number of benzene rings is 1. The summed E-state index contributed by atoms with van der Waals surface area (Å²) in [4.78, 5) is 14.3. The van der Waals surface area contributed by atoms with Gasteiger partial charge < -0.3 is 10.6 Å². The third kappa shape index (κ3) is 3.95. The first-order valence-electron chi connectivity index (χ1n) is 6.98. The van der Waals surface area contributed by atoms with Crippen LogP contribution in [0.25, 0.3) is 0 Å². The van der Waals surface area contributed by atoms with Gasteiger partial charge >= 0.3 is 0 Å². The number of nitrogens with two attached hydrogens (primary N) is 1. The average Bonchev–Trinajstić information content (AvgIpc) is 2.43. The lowest BCUT2D eigenvalue weighted by Gasteiger charge is -2.26. The minimum absolute atomic E-state index is 0.00450. The number of anilines is 1. The molecule has 0 saturated carbocycles. The van der Waals surface area contributed by atoms with Gasteiger partial charge in [-0.25, -0.2) is 4.39 Å². The van der Waals surface area contributed by atoms with Crippen molar-refractivity contribution in [1.82, 2.24) is 4.90 Å². The van der Waals surface area contributed by atoms with Crippen LogP contribution in [0.5, 0.6) is 0 Å². The summed E-state index contributed by atoms with van der Waals surface area (Å²) in [5.41, 5.74) is 5.97. The number of halogens is 2. The zero-order valence-corrected chi connectivity index (χ0v) is 13.8. The lowest BCUT2D eigenvalue weighted by atomic mass is 10.0. The smallest absolute Gasteiger partial charge is 0.255 e. The molecule has 0 heterocycles. The molecule has 1 rings (SSSR count). The normalized spacial score (nSPS) is 10.9. The molecule has 5 heteroatoms. The van der Waals surface area contributed by atoms with Crippen LogP contribution >= 0.6 is 15.9 Å². The van der Waals surface area contributed by atoms with Gasteiger partial charge in [-0.2, -0.15) is 0 Å². The van der Waals surface area contributed by atoms with Crippen LogP contribution in [0.4, 0.5) is 10.1 Å². The number of carbonyl (C=O) groups excluding carboxylic acids is 1. The van der Waals surface area contributed by atoms with Gasteiger partial charge in [0.05, 0.1) is 11.3 Å². The van der Waals surface area contributed by atoms with E-state index in [2.05, 4.69) is 29.8 Å². The Balaban J connectivity index is 2.99. The number of rotatable bonds is 6. The van der Waals surface area contributed by atoms with Crippen molar-refractivity contribution in [2.45, 2.75) is 33.6 Å². The minimum atomic E-state index is -0.517. The molecular weight excluding hydrogens is 323 g/mol. The molecular formula is C15H22BrFN2O. The van der Waals surface area contributed by atoms with Gasteiger partial charge in [0.25, 0.3) is 5.91 Å². The van der Waals surface area contributed by atoms with Gasteiger partial charge in [0, 0.05) is 17.6 Å². The quantitative estimate of drug-likeness (QED) is 0.790. The van der Waals surface area contributed by atoms with E-state index in [1.807, 2.05) is 6.92 Å². The third-order valence-corrected chi connectivity index (χ3v) is 4.28. The van der Waals surface area contributed by atoms with Gasteiger partial charge in [0.1, 0.15) is 5.82 Å². The minimum Gasteiger partial charge on any atom is -0.396 e. The summed E-state index contributed by atoms with van der Waals surface area (Å²) in [7, 11) is 0. The average molecular weight is 345 g/mol. The number of hydrogen-bond acceptors (Lipinski definition) is 2. The van der Waals surface area contributed by atoms with Crippen LogP contribution in [-0.2, 0) is 0 Å². The van der Waals surface area contributed by atoms with E-state index >= 15 is 0 Å². The summed E-state index contributed by atoms with van der Waals surface area (Å²) >= 11 is 3.24. The van der Waals surface area contributed by atoms with Gasteiger partial charge in [0.2, 0.25) is 0 Å². The maximum absolute atomic E-state index is 13.3. The molecule has 0 bridgehead atoms. The molecule has 112 valence electrons.